The van der Waals surface area contributed by atoms with Crippen molar-refractivity contribution in [1.29, 1.82) is 0 Å². The molecule has 1 saturated heterocycles. The Morgan fingerprint density at radius 2 is 2.10 bits per heavy atom. The lowest BCUT2D eigenvalue weighted by Gasteiger charge is -2.21. The third-order valence-electron chi connectivity index (χ3n) is 3.21. The second-order valence-electron chi connectivity index (χ2n) is 4.54. The summed E-state index contributed by atoms with van der Waals surface area (Å²) in [6.45, 7) is 0.927. The number of methoxy groups -OCH3 is 1. The molecular weight excluding hydrogens is 314 g/mol. The smallest absolute Gasteiger partial charge is 0.335 e. The summed E-state index contributed by atoms with van der Waals surface area (Å²) in [5, 5.41) is 8.97. The maximum Gasteiger partial charge on any atom is 0.335 e. The fraction of sp³-hybridized carbons (Fsp3) is 0.462. The molecule has 1 N–H and O–H groups in total. The molecule has 21 heavy (non-hydrogen) atoms. The van der Waals surface area contributed by atoms with Gasteiger partial charge in [-0.2, -0.15) is 16.1 Å². The molecule has 0 saturated carbocycles. The highest BCUT2D eigenvalue weighted by molar-refractivity contribution is 7.99. The van der Waals surface area contributed by atoms with E-state index in [0.29, 0.717) is 13.1 Å². The molecule has 6 nitrogen and oxygen atoms in total. The lowest BCUT2D eigenvalue weighted by Crippen LogP contribution is -2.33. The van der Waals surface area contributed by atoms with Gasteiger partial charge in [0.15, 0.2) is 0 Å². The number of sulfonamides is 1. The van der Waals surface area contributed by atoms with Gasteiger partial charge in [-0.3, -0.25) is 0 Å². The molecule has 1 aromatic rings. The number of aromatic carboxylic acids is 1. The third-order valence-corrected chi connectivity index (χ3v) is 6.20. The van der Waals surface area contributed by atoms with Crippen LogP contribution in [0.1, 0.15) is 16.8 Å². The van der Waals surface area contributed by atoms with Gasteiger partial charge in [-0.1, -0.05) is 0 Å². The van der Waals surface area contributed by atoms with Crippen molar-refractivity contribution >= 4 is 27.8 Å². The predicted octanol–water partition coefficient (Wildman–Crippen LogP) is 1.52. The van der Waals surface area contributed by atoms with Gasteiger partial charge < -0.3 is 9.84 Å². The van der Waals surface area contributed by atoms with E-state index in [1.807, 2.05) is 0 Å². The van der Waals surface area contributed by atoms with Crippen molar-refractivity contribution in [3.05, 3.63) is 23.8 Å². The number of thioether (sulfide) groups is 1. The molecule has 1 aromatic carbocycles. The molecule has 0 bridgehead atoms. The Bertz CT molecular complexity index is 621. The molecule has 0 aromatic heterocycles. The fourth-order valence-corrected chi connectivity index (χ4v) is 4.73. The summed E-state index contributed by atoms with van der Waals surface area (Å²) in [5.41, 5.74) is -0.00257. The zero-order valence-electron chi connectivity index (χ0n) is 11.6. The van der Waals surface area contributed by atoms with Crippen LogP contribution in [-0.4, -0.2) is 55.5 Å². The van der Waals surface area contributed by atoms with E-state index in [1.165, 1.54) is 29.6 Å². The first-order valence-corrected chi connectivity index (χ1v) is 9.05. The Kier molecular flexibility index (Phi) is 5.13. The molecule has 116 valence electrons. The molecule has 1 fully saturated rings. The maximum atomic E-state index is 12.7. The van der Waals surface area contributed by atoms with Crippen molar-refractivity contribution in [3.63, 3.8) is 0 Å². The lowest BCUT2D eigenvalue weighted by molar-refractivity contribution is 0.0696. The molecule has 0 unspecified atom stereocenters. The average Bonchev–Trinajstić information content (AvgIpc) is 2.76. The summed E-state index contributed by atoms with van der Waals surface area (Å²) >= 11 is 1.73. The van der Waals surface area contributed by atoms with Crippen LogP contribution in [0.5, 0.6) is 5.75 Å². The minimum atomic E-state index is -3.67. The van der Waals surface area contributed by atoms with Crippen LogP contribution in [-0.2, 0) is 10.0 Å². The Hall–Kier alpha value is -1.25. The second kappa shape index (κ2) is 6.67. The van der Waals surface area contributed by atoms with Crippen LogP contribution in [0.4, 0.5) is 0 Å². The summed E-state index contributed by atoms with van der Waals surface area (Å²) in [6.07, 6.45) is 0.805. The summed E-state index contributed by atoms with van der Waals surface area (Å²) in [6, 6.07) is 3.82. The van der Waals surface area contributed by atoms with Gasteiger partial charge in [0.05, 0.1) is 12.7 Å². The monoisotopic (exact) mass is 331 g/mol. The van der Waals surface area contributed by atoms with E-state index in [2.05, 4.69) is 0 Å². The summed E-state index contributed by atoms with van der Waals surface area (Å²) < 4.78 is 31.9. The van der Waals surface area contributed by atoms with E-state index in [4.69, 9.17) is 9.84 Å². The maximum absolute atomic E-state index is 12.7. The summed E-state index contributed by atoms with van der Waals surface area (Å²) in [7, 11) is -2.34. The number of benzene rings is 1. The van der Waals surface area contributed by atoms with Crippen LogP contribution in [0.15, 0.2) is 23.1 Å². The molecule has 0 atom stereocenters. The van der Waals surface area contributed by atoms with Crippen LogP contribution in [0.2, 0.25) is 0 Å². The van der Waals surface area contributed by atoms with E-state index in [1.54, 1.807) is 11.8 Å². The van der Waals surface area contributed by atoms with E-state index < -0.39 is 16.0 Å². The Morgan fingerprint density at radius 3 is 2.76 bits per heavy atom. The van der Waals surface area contributed by atoms with Gasteiger partial charge in [-0.05, 0) is 30.4 Å². The average molecular weight is 331 g/mol. The standard InChI is InChI=1S/C13H17NO5S2/c1-19-11-9-10(13(15)16)3-4-12(11)21(17,18)14-5-2-7-20-8-6-14/h3-4,9H,2,5-8H2,1H3,(H,15,16). The third kappa shape index (κ3) is 3.50. The number of hydrogen-bond donors (Lipinski definition) is 1. The zero-order chi connectivity index (χ0) is 15.5. The molecule has 1 aliphatic heterocycles. The molecule has 0 amide bonds. The topological polar surface area (TPSA) is 83.9 Å². The summed E-state index contributed by atoms with van der Waals surface area (Å²) in [4.78, 5) is 11.0. The van der Waals surface area contributed by atoms with Crippen LogP contribution in [0.25, 0.3) is 0 Å². The first-order valence-electron chi connectivity index (χ1n) is 6.46. The first kappa shape index (κ1) is 16.1. The molecule has 8 heteroatoms. The molecule has 0 aliphatic carbocycles. The lowest BCUT2D eigenvalue weighted by atomic mass is 10.2. The van der Waals surface area contributed by atoms with Crippen molar-refractivity contribution < 1.29 is 23.1 Å². The largest absolute Gasteiger partial charge is 0.495 e. The Labute approximate surface area is 128 Å². The molecule has 0 spiro atoms. The number of ether oxygens (including phenoxy) is 1. The normalized spacial score (nSPS) is 17.2. The fourth-order valence-electron chi connectivity index (χ4n) is 2.12. The van der Waals surface area contributed by atoms with Crippen LogP contribution < -0.4 is 4.74 Å². The SMILES string of the molecule is COc1cc(C(=O)O)ccc1S(=O)(=O)N1CCCSCC1. The van der Waals surface area contributed by atoms with E-state index in [-0.39, 0.29) is 16.2 Å². The molecule has 2 rings (SSSR count). The molecule has 0 radical (unpaired) electrons. The van der Waals surface area contributed by atoms with Crippen molar-refractivity contribution in [2.45, 2.75) is 11.3 Å². The van der Waals surface area contributed by atoms with Crippen molar-refractivity contribution in [2.75, 3.05) is 31.7 Å². The van der Waals surface area contributed by atoms with Gasteiger partial charge in [0, 0.05) is 18.8 Å². The molecular formula is C13H17NO5S2. The van der Waals surface area contributed by atoms with Gasteiger partial charge in [0.2, 0.25) is 10.0 Å². The highest BCUT2D eigenvalue weighted by atomic mass is 32.2. The van der Waals surface area contributed by atoms with Gasteiger partial charge in [-0.15, -0.1) is 0 Å². The van der Waals surface area contributed by atoms with Gasteiger partial charge in [0.1, 0.15) is 10.6 Å². The zero-order valence-corrected chi connectivity index (χ0v) is 13.2. The highest BCUT2D eigenvalue weighted by Crippen LogP contribution is 2.29. The molecule has 1 aliphatic rings. The van der Waals surface area contributed by atoms with Crippen molar-refractivity contribution in [1.82, 2.24) is 4.31 Å². The van der Waals surface area contributed by atoms with Gasteiger partial charge in [0.25, 0.3) is 0 Å². The van der Waals surface area contributed by atoms with E-state index >= 15 is 0 Å². The number of carboxylic acids is 1. The minimum Gasteiger partial charge on any atom is -0.495 e. The number of nitrogens with zero attached hydrogens (tertiary/aromatic N) is 1. The number of hydrogen-bond acceptors (Lipinski definition) is 5. The highest BCUT2D eigenvalue weighted by Gasteiger charge is 2.28. The summed E-state index contributed by atoms with van der Waals surface area (Å²) in [5.74, 6) is 0.644. The van der Waals surface area contributed by atoms with Gasteiger partial charge >= 0.3 is 5.97 Å². The number of carboxylic acid groups (broad SMARTS) is 1. The number of carbonyl (C=O) groups is 1. The Morgan fingerprint density at radius 1 is 1.33 bits per heavy atom. The van der Waals surface area contributed by atoms with Crippen LogP contribution in [0, 0.1) is 0 Å². The first-order chi connectivity index (χ1) is 9.96. The van der Waals surface area contributed by atoms with Crippen molar-refractivity contribution in [2.24, 2.45) is 0 Å². The van der Waals surface area contributed by atoms with Gasteiger partial charge in [-0.25, -0.2) is 13.2 Å². The van der Waals surface area contributed by atoms with E-state index in [9.17, 15) is 13.2 Å². The van der Waals surface area contributed by atoms with Crippen molar-refractivity contribution in [3.8, 4) is 5.75 Å². The second-order valence-corrected chi connectivity index (χ2v) is 7.67. The quantitative estimate of drug-likeness (QED) is 0.900. The predicted molar refractivity (Wildman–Crippen MR) is 80.7 cm³/mol. The number of rotatable bonds is 4. The Balaban J connectivity index is 2.41. The van der Waals surface area contributed by atoms with Crippen LogP contribution >= 0.6 is 11.8 Å². The minimum absolute atomic E-state index is 0.00257. The molecule has 1 heterocycles. The van der Waals surface area contributed by atoms with Crippen LogP contribution in [0.3, 0.4) is 0 Å². The van der Waals surface area contributed by atoms with E-state index in [0.717, 1.165) is 17.9 Å².